The first-order chi connectivity index (χ1) is 11.0. The maximum absolute atomic E-state index is 12.2. The smallest absolute Gasteiger partial charge is 0.251 e. The third-order valence-corrected chi connectivity index (χ3v) is 5.46. The number of hydrogen-bond donors (Lipinski definition) is 3. The number of nitrogens with one attached hydrogen (secondary N) is 3. The van der Waals surface area contributed by atoms with Gasteiger partial charge in [-0.25, -0.2) is 13.1 Å². The molecule has 7 heteroatoms. The van der Waals surface area contributed by atoms with Gasteiger partial charge in [0.05, 0.1) is 4.90 Å². The van der Waals surface area contributed by atoms with Gasteiger partial charge >= 0.3 is 0 Å². The number of rotatable bonds is 6. The van der Waals surface area contributed by atoms with Crippen molar-refractivity contribution < 1.29 is 13.2 Å². The van der Waals surface area contributed by atoms with Crippen LogP contribution in [0.1, 0.15) is 29.6 Å². The van der Waals surface area contributed by atoms with Crippen molar-refractivity contribution in [3.05, 3.63) is 41.5 Å². The van der Waals surface area contributed by atoms with Crippen LogP contribution in [0.4, 0.5) is 0 Å². The highest BCUT2D eigenvalue weighted by Gasteiger charge is 2.28. The summed E-state index contributed by atoms with van der Waals surface area (Å²) in [6.45, 7) is 2.24. The molecule has 1 aliphatic carbocycles. The highest BCUT2D eigenvalue weighted by atomic mass is 32.2. The van der Waals surface area contributed by atoms with E-state index in [-0.39, 0.29) is 16.8 Å². The Morgan fingerprint density at radius 1 is 1.30 bits per heavy atom. The van der Waals surface area contributed by atoms with Gasteiger partial charge in [0.2, 0.25) is 10.0 Å². The van der Waals surface area contributed by atoms with Crippen molar-refractivity contribution in [2.24, 2.45) is 0 Å². The Hall–Kier alpha value is -1.70. The van der Waals surface area contributed by atoms with Gasteiger partial charge in [0.25, 0.3) is 5.91 Å². The van der Waals surface area contributed by atoms with Gasteiger partial charge in [-0.2, -0.15) is 0 Å². The quantitative estimate of drug-likeness (QED) is 0.671. The Balaban J connectivity index is 1.66. The molecule has 1 aliphatic heterocycles. The number of benzene rings is 1. The topological polar surface area (TPSA) is 87.3 Å². The van der Waals surface area contributed by atoms with Crippen LogP contribution in [0.15, 0.2) is 40.8 Å². The van der Waals surface area contributed by atoms with Crippen LogP contribution in [0.3, 0.4) is 0 Å². The summed E-state index contributed by atoms with van der Waals surface area (Å²) < 4.78 is 27.0. The Labute approximate surface area is 136 Å². The van der Waals surface area contributed by atoms with Gasteiger partial charge in [-0.15, -0.1) is 0 Å². The first-order valence-electron chi connectivity index (χ1n) is 7.84. The molecule has 0 radical (unpaired) electrons. The average Bonchev–Trinajstić information content (AvgIpc) is 3.37. The van der Waals surface area contributed by atoms with Crippen molar-refractivity contribution in [2.75, 3.05) is 19.6 Å². The molecule has 1 amide bonds. The van der Waals surface area contributed by atoms with E-state index in [1.54, 1.807) is 12.1 Å². The van der Waals surface area contributed by atoms with Gasteiger partial charge in [0.1, 0.15) is 0 Å². The van der Waals surface area contributed by atoms with E-state index in [9.17, 15) is 13.2 Å². The van der Waals surface area contributed by atoms with E-state index >= 15 is 0 Å². The molecule has 1 aromatic rings. The normalized spacial score (nSPS) is 18.3. The van der Waals surface area contributed by atoms with Crippen LogP contribution < -0.4 is 15.4 Å². The zero-order chi connectivity index (χ0) is 16.3. The third-order valence-electron chi connectivity index (χ3n) is 3.94. The molecule has 23 heavy (non-hydrogen) atoms. The van der Waals surface area contributed by atoms with Crippen molar-refractivity contribution in [2.45, 2.75) is 30.2 Å². The fraction of sp³-hybridized carbons (Fsp3) is 0.438. The summed E-state index contributed by atoms with van der Waals surface area (Å²) in [4.78, 5) is 12.4. The molecular weight excluding hydrogens is 314 g/mol. The predicted octanol–water partition coefficient (Wildman–Crippen LogP) is 0.777. The molecule has 1 heterocycles. The second kappa shape index (κ2) is 6.82. The summed E-state index contributed by atoms with van der Waals surface area (Å²) in [6.07, 6.45) is 4.75. The lowest BCUT2D eigenvalue weighted by Gasteiger charge is -2.14. The van der Waals surface area contributed by atoms with Crippen LogP contribution in [0.5, 0.6) is 0 Å². The zero-order valence-corrected chi connectivity index (χ0v) is 13.7. The summed E-state index contributed by atoms with van der Waals surface area (Å²) in [7, 11) is -3.54. The molecule has 2 aliphatic rings. The van der Waals surface area contributed by atoms with Gasteiger partial charge in [-0.05, 0) is 44.0 Å². The van der Waals surface area contributed by atoms with Crippen molar-refractivity contribution in [1.82, 2.24) is 15.4 Å². The van der Waals surface area contributed by atoms with E-state index in [2.05, 4.69) is 21.4 Å². The highest BCUT2D eigenvalue weighted by molar-refractivity contribution is 7.89. The fourth-order valence-corrected chi connectivity index (χ4v) is 3.77. The van der Waals surface area contributed by atoms with E-state index in [1.165, 1.54) is 17.7 Å². The van der Waals surface area contributed by atoms with Crippen LogP contribution in [0, 0.1) is 0 Å². The predicted molar refractivity (Wildman–Crippen MR) is 87.7 cm³/mol. The van der Waals surface area contributed by atoms with Crippen LogP contribution >= 0.6 is 0 Å². The minimum atomic E-state index is -3.54. The minimum Gasteiger partial charge on any atom is -0.348 e. The molecule has 0 spiro atoms. The summed E-state index contributed by atoms with van der Waals surface area (Å²) in [5.41, 5.74) is 1.55. The lowest BCUT2D eigenvalue weighted by atomic mass is 10.1. The molecule has 124 valence electrons. The van der Waals surface area contributed by atoms with E-state index in [4.69, 9.17) is 0 Å². The van der Waals surface area contributed by atoms with E-state index in [0.717, 1.165) is 32.4 Å². The minimum absolute atomic E-state index is 0.0457. The monoisotopic (exact) mass is 335 g/mol. The largest absolute Gasteiger partial charge is 0.348 e. The van der Waals surface area contributed by atoms with Gasteiger partial charge in [0, 0.05) is 24.7 Å². The van der Waals surface area contributed by atoms with Gasteiger partial charge in [-0.3, -0.25) is 4.79 Å². The number of carbonyl (C=O) groups excluding carboxylic acids is 1. The molecule has 1 aromatic carbocycles. The Morgan fingerprint density at radius 2 is 2.13 bits per heavy atom. The second-order valence-corrected chi connectivity index (χ2v) is 7.64. The standard InChI is InChI=1S/C16H21N3O3S/c20-16(18-11-12-6-8-17-9-7-12)13-2-1-3-15(10-13)23(21,22)19-14-4-5-14/h1-3,6,10,14,17,19H,4-5,7-9,11H2,(H,18,20). The lowest BCUT2D eigenvalue weighted by molar-refractivity contribution is 0.0956. The maximum Gasteiger partial charge on any atom is 0.251 e. The molecule has 3 rings (SSSR count). The van der Waals surface area contributed by atoms with E-state index in [0.29, 0.717) is 12.1 Å². The summed E-state index contributed by atoms with van der Waals surface area (Å²) in [5, 5.41) is 6.07. The number of amides is 1. The van der Waals surface area contributed by atoms with Crippen molar-refractivity contribution in [3.63, 3.8) is 0 Å². The van der Waals surface area contributed by atoms with Gasteiger partial charge < -0.3 is 10.6 Å². The molecule has 3 N–H and O–H groups in total. The van der Waals surface area contributed by atoms with Gasteiger partial charge in [-0.1, -0.05) is 17.7 Å². The SMILES string of the molecule is O=C(NCC1=CCNCC1)c1cccc(S(=O)(=O)NC2CC2)c1. The molecule has 1 saturated carbocycles. The molecule has 0 saturated heterocycles. The van der Waals surface area contributed by atoms with E-state index < -0.39 is 10.0 Å². The van der Waals surface area contributed by atoms with Crippen molar-refractivity contribution in [1.29, 1.82) is 0 Å². The number of hydrogen-bond acceptors (Lipinski definition) is 4. The second-order valence-electron chi connectivity index (χ2n) is 5.92. The number of sulfonamides is 1. The Morgan fingerprint density at radius 3 is 2.83 bits per heavy atom. The fourth-order valence-electron chi connectivity index (χ4n) is 2.42. The van der Waals surface area contributed by atoms with Crippen LogP contribution in [0.2, 0.25) is 0 Å². The van der Waals surface area contributed by atoms with Crippen LogP contribution in [-0.4, -0.2) is 40.0 Å². The highest BCUT2D eigenvalue weighted by Crippen LogP contribution is 2.22. The van der Waals surface area contributed by atoms with Crippen molar-refractivity contribution in [3.8, 4) is 0 Å². The summed E-state index contributed by atoms with van der Waals surface area (Å²) in [6, 6.07) is 6.21. The molecular formula is C16H21N3O3S. The van der Waals surface area contributed by atoms with Crippen LogP contribution in [0.25, 0.3) is 0 Å². The Kier molecular flexibility index (Phi) is 4.79. The first kappa shape index (κ1) is 16.2. The average molecular weight is 335 g/mol. The van der Waals surface area contributed by atoms with E-state index in [1.807, 2.05) is 0 Å². The summed E-state index contributed by atoms with van der Waals surface area (Å²) >= 11 is 0. The number of carbonyl (C=O) groups is 1. The molecule has 0 aromatic heterocycles. The lowest BCUT2D eigenvalue weighted by Crippen LogP contribution is -2.30. The van der Waals surface area contributed by atoms with Crippen LogP contribution in [-0.2, 0) is 10.0 Å². The van der Waals surface area contributed by atoms with Crippen molar-refractivity contribution >= 4 is 15.9 Å². The molecule has 0 bridgehead atoms. The first-order valence-corrected chi connectivity index (χ1v) is 9.32. The molecule has 0 atom stereocenters. The zero-order valence-electron chi connectivity index (χ0n) is 12.8. The maximum atomic E-state index is 12.2. The molecule has 0 unspecified atom stereocenters. The third kappa shape index (κ3) is 4.40. The van der Waals surface area contributed by atoms with Gasteiger partial charge in [0.15, 0.2) is 0 Å². The Bertz CT molecular complexity index is 724. The summed E-state index contributed by atoms with van der Waals surface area (Å²) in [5.74, 6) is -0.257. The molecule has 6 nitrogen and oxygen atoms in total. The molecule has 1 fully saturated rings.